The van der Waals surface area contributed by atoms with Crippen LogP contribution in [0.2, 0.25) is 5.02 Å². The van der Waals surface area contributed by atoms with E-state index in [1.54, 1.807) is 17.0 Å². The Kier molecular flexibility index (Phi) is 6.41. The van der Waals surface area contributed by atoms with Gasteiger partial charge in [0.1, 0.15) is 6.10 Å². The Bertz CT molecular complexity index is 831. The van der Waals surface area contributed by atoms with Crippen LogP contribution in [0.3, 0.4) is 0 Å². The zero-order chi connectivity index (χ0) is 20.1. The molecule has 3 rings (SSSR count). The van der Waals surface area contributed by atoms with Crippen LogP contribution in [0.15, 0.2) is 24.5 Å². The molecule has 2 aromatic rings. The molecule has 150 valence electrons. The van der Waals surface area contributed by atoms with Gasteiger partial charge in [0.25, 0.3) is 5.91 Å². The minimum absolute atomic E-state index is 0.164. The van der Waals surface area contributed by atoms with Crippen LogP contribution in [-0.4, -0.2) is 61.3 Å². The molecule has 0 N–H and O–H groups in total. The van der Waals surface area contributed by atoms with E-state index in [1.807, 2.05) is 0 Å². The summed E-state index contributed by atoms with van der Waals surface area (Å²) >= 11 is 5.80. The van der Waals surface area contributed by atoms with Crippen LogP contribution in [0.25, 0.3) is 0 Å². The van der Waals surface area contributed by atoms with Gasteiger partial charge in [-0.05, 0) is 25.0 Å². The number of likely N-dealkylation sites (tertiary alicyclic amines) is 1. The van der Waals surface area contributed by atoms with E-state index in [1.165, 1.54) is 33.7 Å². The molecule has 0 saturated carbocycles. The van der Waals surface area contributed by atoms with E-state index >= 15 is 0 Å². The lowest BCUT2D eigenvalue weighted by Crippen LogP contribution is -2.44. The van der Waals surface area contributed by atoms with Gasteiger partial charge >= 0.3 is 6.01 Å². The molecule has 1 aliphatic rings. The smallest absolute Gasteiger partial charge is 0.316 e. The molecule has 1 aliphatic heterocycles. The molecule has 0 bridgehead atoms. The molecule has 1 atom stereocenters. The second-order valence-corrected chi connectivity index (χ2v) is 6.64. The van der Waals surface area contributed by atoms with E-state index in [-0.39, 0.29) is 18.0 Å². The summed E-state index contributed by atoms with van der Waals surface area (Å²) in [7, 11) is 4.53. The zero-order valence-corrected chi connectivity index (χ0v) is 16.7. The van der Waals surface area contributed by atoms with Gasteiger partial charge in [-0.3, -0.25) is 4.79 Å². The first-order valence-corrected chi connectivity index (χ1v) is 9.17. The molecule has 1 fully saturated rings. The van der Waals surface area contributed by atoms with E-state index in [2.05, 4.69) is 9.97 Å². The number of hydrogen-bond acceptors (Lipinski definition) is 7. The fourth-order valence-electron chi connectivity index (χ4n) is 3.17. The van der Waals surface area contributed by atoms with Gasteiger partial charge in [-0.15, -0.1) is 0 Å². The summed E-state index contributed by atoms with van der Waals surface area (Å²) in [6.07, 6.45) is 4.36. The van der Waals surface area contributed by atoms with Crippen molar-refractivity contribution in [2.45, 2.75) is 18.9 Å². The van der Waals surface area contributed by atoms with Gasteiger partial charge in [-0.2, -0.15) is 0 Å². The average Bonchev–Trinajstić information content (AvgIpc) is 2.73. The number of carbonyl (C=O) groups excluding carboxylic acids is 1. The average molecular weight is 408 g/mol. The molecular formula is C19H22ClN3O5. The predicted octanol–water partition coefficient (Wildman–Crippen LogP) is 2.84. The summed E-state index contributed by atoms with van der Waals surface area (Å²) in [5, 5.41) is 0.438. The van der Waals surface area contributed by atoms with Crippen LogP contribution in [-0.2, 0) is 0 Å². The van der Waals surface area contributed by atoms with Crippen LogP contribution in [0.5, 0.6) is 23.3 Å². The number of ether oxygens (including phenoxy) is 4. The number of piperidine rings is 1. The van der Waals surface area contributed by atoms with Crippen LogP contribution in [0.1, 0.15) is 23.2 Å². The number of hydrogen-bond donors (Lipinski definition) is 0. The van der Waals surface area contributed by atoms with E-state index in [0.717, 1.165) is 12.8 Å². The minimum Gasteiger partial charge on any atom is -0.493 e. The molecule has 8 nitrogen and oxygen atoms in total. The number of amides is 1. The normalized spacial score (nSPS) is 16.4. The topological polar surface area (TPSA) is 83.0 Å². The van der Waals surface area contributed by atoms with Gasteiger partial charge in [0.15, 0.2) is 11.5 Å². The minimum atomic E-state index is -0.204. The first kappa shape index (κ1) is 20.0. The van der Waals surface area contributed by atoms with E-state index < -0.39 is 0 Å². The lowest BCUT2D eigenvalue weighted by atomic mass is 10.1. The van der Waals surface area contributed by atoms with Gasteiger partial charge < -0.3 is 23.8 Å². The van der Waals surface area contributed by atoms with Crippen molar-refractivity contribution in [3.63, 3.8) is 0 Å². The number of rotatable bonds is 6. The van der Waals surface area contributed by atoms with Crippen LogP contribution >= 0.6 is 11.6 Å². The third-order valence-corrected chi connectivity index (χ3v) is 4.66. The van der Waals surface area contributed by atoms with E-state index in [4.69, 9.17) is 30.5 Å². The first-order chi connectivity index (χ1) is 13.6. The van der Waals surface area contributed by atoms with Crippen LogP contribution in [0, 0.1) is 0 Å². The molecule has 1 saturated heterocycles. The summed E-state index contributed by atoms with van der Waals surface area (Å²) in [5.41, 5.74) is 0.406. The number of carbonyl (C=O) groups is 1. The van der Waals surface area contributed by atoms with Crippen molar-refractivity contribution >= 4 is 17.5 Å². The Balaban J connectivity index is 1.77. The highest BCUT2D eigenvalue weighted by atomic mass is 35.5. The summed E-state index contributed by atoms with van der Waals surface area (Å²) in [6.45, 7) is 1.04. The van der Waals surface area contributed by atoms with Gasteiger partial charge in [0.05, 0.1) is 50.9 Å². The summed E-state index contributed by atoms with van der Waals surface area (Å²) in [5.74, 6) is 1.06. The van der Waals surface area contributed by atoms with Crippen molar-refractivity contribution in [3.8, 4) is 23.3 Å². The van der Waals surface area contributed by atoms with Crippen molar-refractivity contribution in [1.82, 2.24) is 14.9 Å². The Labute approximate surface area is 168 Å². The SMILES string of the molecule is COc1ccc(C(=O)N2CCCC(Oc3ncc(Cl)cn3)C2)c(OC)c1OC. The maximum Gasteiger partial charge on any atom is 0.316 e. The lowest BCUT2D eigenvalue weighted by Gasteiger charge is -2.32. The number of benzene rings is 1. The second-order valence-electron chi connectivity index (χ2n) is 6.20. The predicted molar refractivity (Wildman–Crippen MR) is 103 cm³/mol. The van der Waals surface area contributed by atoms with Crippen molar-refractivity contribution in [2.24, 2.45) is 0 Å². The molecule has 0 radical (unpaired) electrons. The lowest BCUT2D eigenvalue weighted by molar-refractivity contribution is 0.0512. The first-order valence-electron chi connectivity index (χ1n) is 8.79. The Morgan fingerprint density at radius 1 is 1.11 bits per heavy atom. The summed E-state index contributed by atoms with van der Waals surface area (Å²) in [6, 6.07) is 3.61. The van der Waals surface area contributed by atoms with Crippen molar-refractivity contribution in [1.29, 1.82) is 0 Å². The second kappa shape index (κ2) is 8.97. The summed E-state index contributed by atoms with van der Waals surface area (Å²) in [4.78, 5) is 23.0. The molecule has 9 heteroatoms. The molecule has 2 heterocycles. The van der Waals surface area contributed by atoms with Crippen molar-refractivity contribution in [3.05, 3.63) is 35.1 Å². The van der Waals surface area contributed by atoms with Gasteiger partial charge in [-0.25, -0.2) is 9.97 Å². The molecule has 0 aliphatic carbocycles. The molecule has 1 aromatic carbocycles. The Hall–Kier alpha value is -2.74. The molecule has 1 amide bonds. The molecular weight excluding hydrogens is 386 g/mol. The molecule has 0 spiro atoms. The Morgan fingerprint density at radius 2 is 1.82 bits per heavy atom. The third kappa shape index (κ3) is 4.22. The quantitative estimate of drug-likeness (QED) is 0.728. The highest BCUT2D eigenvalue weighted by molar-refractivity contribution is 6.30. The fraction of sp³-hybridized carbons (Fsp3) is 0.421. The van der Waals surface area contributed by atoms with E-state index in [0.29, 0.717) is 40.9 Å². The highest BCUT2D eigenvalue weighted by Gasteiger charge is 2.29. The van der Waals surface area contributed by atoms with Crippen LogP contribution < -0.4 is 18.9 Å². The Morgan fingerprint density at radius 3 is 2.46 bits per heavy atom. The molecule has 28 heavy (non-hydrogen) atoms. The largest absolute Gasteiger partial charge is 0.493 e. The molecule has 1 aromatic heterocycles. The van der Waals surface area contributed by atoms with Gasteiger partial charge in [0, 0.05) is 6.54 Å². The van der Waals surface area contributed by atoms with Gasteiger partial charge in [0.2, 0.25) is 5.75 Å². The standard InChI is InChI=1S/C19H22ClN3O5/c1-25-15-7-6-14(16(26-2)17(15)27-3)18(24)23-8-4-5-13(11-23)28-19-21-9-12(20)10-22-19/h6-7,9-10,13H,4-5,8,11H2,1-3H3. The molecule has 1 unspecified atom stereocenters. The monoisotopic (exact) mass is 407 g/mol. The highest BCUT2D eigenvalue weighted by Crippen LogP contribution is 2.40. The van der Waals surface area contributed by atoms with Crippen LogP contribution in [0.4, 0.5) is 0 Å². The fourth-order valence-corrected chi connectivity index (χ4v) is 3.27. The number of methoxy groups -OCH3 is 3. The maximum absolute atomic E-state index is 13.1. The van der Waals surface area contributed by atoms with Crippen molar-refractivity contribution < 1.29 is 23.7 Å². The number of halogens is 1. The van der Waals surface area contributed by atoms with Gasteiger partial charge in [-0.1, -0.05) is 11.6 Å². The number of nitrogens with zero attached hydrogens (tertiary/aromatic N) is 3. The zero-order valence-electron chi connectivity index (χ0n) is 16.0. The maximum atomic E-state index is 13.1. The number of aromatic nitrogens is 2. The van der Waals surface area contributed by atoms with E-state index in [9.17, 15) is 4.79 Å². The third-order valence-electron chi connectivity index (χ3n) is 4.47. The van der Waals surface area contributed by atoms with Crippen molar-refractivity contribution in [2.75, 3.05) is 34.4 Å². The summed E-state index contributed by atoms with van der Waals surface area (Å²) < 4.78 is 21.9.